The monoisotopic (exact) mass is 316 g/mol. The Morgan fingerprint density at radius 2 is 1.96 bits per heavy atom. The molecule has 0 amide bonds. The van der Waals surface area contributed by atoms with E-state index in [2.05, 4.69) is 0 Å². The molecule has 0 bridgehead atoms. The first-order chi connectivity index (χ1) is 10.8. The predicted octanol–water partition coefficient (Wildman–Crippen LogP) is 3.79. The SMILES string of the molecule is COc1cccc(C2=C(COC(=O)C(C)(C)C)CCCC2=O)c1. The van der Waals surface area contributed by atoms with Crippen molar-refractivity contribution in [1.82, 2.24) is 0 Å². The molecule has 1 aromatic carbocycles. The van der Waals surface area contributed by atoms with Crippen LogP contribution in [-0.2, 0) is 14.3 Å². The van der Waals surface area contributed by atoms with Gasteiger partial charge in [-0.1, -0.05) is 12.1 Å². The van der Waals surface area contributed by atoms with Gasteiger partial charge >= 0.3 is 5.97 Å². The van der Waals surface area contributed by atoms with Gasteiger partial charge in [-0.2, -0.15) is 0 Å². The summed E-state index contributed by atoms with van der Waals surface area (Å²) < 4.78 is 10.7. The van der Waals surface area contributed by atoms with Crippen LogP contribution in [0.2, 0.25) is 0 Å². The molecule has 4 nitrogen and oxygen atoms in total. The van der Waals surface area contributed by atoms with Crippen LogP contribution in [0.1, 0.15) is 45.6 Å². The summed E-state index contributed by atoms with van der Waals surface area (Å²) in [6.07, 6.45) is 2.10. The smallest absolute Gasteiger partial charge is 0.311 e. The molecular weight excluding hydrogens is 292 g/mol. The van der Waals surface area contributed by atoms with Gasteiger partial charge in [0.15, 0.2) is 5.78 Å². The maximum Gasteiger partial charge on any atom is 0.311 e. The fourth-order valence-corrected chi connectivity index (χ4v) is 2.57. The van der Waals surface area contributed by atoms with Crippen molar-refractivity contribution in [3.05, 3.63) is 35.4 Å². The van der Waals surface area contributed by atoms with Crippen molar-refractivity contribution < 1.29 is 19.1 Å². The van der Waals surface area contributed by atoms with E-state index in [1.54, 1.807) is 7.11 Å². The molecule has 0 atom stereocenters. The Bertz CT molecular complexity index is 635. The molecule has 0 saturated heterocycles. The first-order valence-electron chi connectivity index (χ1n) is 7.90. The van der Waals surface area contributed by atoms with Crippen LogP contribution < -0.4 is 4.74 Å². The minimum absolute atomic E-state index is 0.103. The number of benzene rings is 1. The zero-order chi connectivity index (χ0) is 17.0. The van der Waals surface area contributed by atoms with Crippen LogP contribution in [0.4, 0.5) is 0 Å². The largest absolute Gasteiger partial charge is 0.497 e. The summed E-state index contributed by atoms with van der Waals surface area (Å²) in [5.74, 6) is 0.554. The van der Waals surface area contributed by atoms with Crippen LogP contribution in [0.3, 0.4) is 0 Å². The maximum atomic E-state index is 12.4. The summed E-state index contributed by atoms with van der Waals surface area (Å²) in [6, 6.07) is 7.45. The number of carbonyl (C=O) groups excluding carboxylic acids is 2. The molecule has 0 heterocycles. The number of ketones is 1. The third-order valence-corrected chi connectivity index (χ3v) is 3.86. The standard InChI is InChI=1S/C19H24O4/c1-19(2,3)18(21)23-12-14-8-6-10-16(20)17(14)13-7-5-9-15(11-13)22-4/h5,7,9,11H,6,8,10,12H2,1-4H3. The van der Waals surface area contributed by atoms with E-state index >= 15 is 0 Å². The Balaban J connectivity index is 2.31. The number of rotatable bonds is 4. The first-order valence-corrected chi connectivity index (χ1v) is 7.90. The van der Waals surface area contributed by atoms with E-state index in [0.29, 0.717) is 17.7 Å². The van der Waals surface area contributed by atoms with E-state index < -0.39 is 5.41 Å². The average molecular weight is 316 g/mol. The highest BCUT2D eigenvalue weighted by molar-refractivity contribution is 6.22. The Morgan fingerprint density at radius 1 is 1.22 bits per heavy atom. The molecule has 0 aromatic heterocycles. The van der Waals surface area contributed by atoms with Gasteiger partial charge in [0.2, 0.25) is 0 Å². The molecule has 1 aromatic rings. The highest BCUT2D eigenvalue weighted by Crippen LogP contribution is 2.32. The van der Waals surface area contributed by atoms with Crippen molar-refractivity contribution >= 4 is 17.3 Å². The highest BCUT2D eigenvalue weighted by atomic mass is 16.5. The average Bonchev–Trinajstić information content (AvgIpc) is 2.51. The van der Waals surface area contributed by atoms with E-state index in [1.807, 2.05) is 45.0 Å². The summed E-state index contributed by atoms with van der Waals surface area (Å²) >= 11 is 0. The predicted molar refractivity (Wildman–Crippen MR) is 89.2 cm³/mol. The molecule has 4 heteroatoms. The van der Waals surface area contributed by atoms with Gasteiger partial charge < -0.3 is 9.47 Å². The van der Waals surface area contributed by atoms with Crippen molar-refractivity contribution in [1.29, 1.82) is 0 Å². The highest BCUT2D eigenvalue weighted by Gasteiger charge is 2.26. The Kier molecular flexibility index (Phi) is 5.24. The summed E-state index contributed by atoms with van der Waals surface area (Å²) in [4.78, 5) is 24.4. The van der Waals surface area contributed by atoms with Crippen LogP contribution in [-0.4, -0.2) is 25.5 Å². The number of hydrogen-bond acceptors (Lipinski definition) is 4. The second-order valence-corrected chi connectivity index (χ2v) is 6.81. The lowest BCUT2D eigenvalue weighted by Crippen LogP contribution is -2.25. The van der Waals surface area contributed by atoms with Crippen molar-refractivity contribution in [3.63, 3.8) is 0 Å². The number of methoxy groups -OCH3 is 1. The molecule has 0 radical (unpaired) electrons. The first kappa shape index (κ1) is 17.3. The lowest BCUT2D eigenvalue weighted by atomic mass is 9.86. The molecule has 0 fully saturated rings. The van der Waals surface area contributed by atoms with Crippen LogP contribution in [0.15, 0.2) is 29.8 Å². The Morgan fingerprint density at radius 3 is 2.61 bits per heavy atom. The van der Waals surface area contributed by atoms with E-state index in [0.717, 1.165) is 24.0 Å². The van der Waals surface area contributed by atoms with Gasteiger partial charge in [0, 0.05) is 12.0 Å². The third kappa shape index (κ3) is 4.21. The lowest BCUT2D eigenvalue weighted by Gasteiger charge is -2.22. The normalized spacial score (nSPS) is 15.6. The molecule has 0 N–H and O–H groups in total. The van der Waals surface area contributed by atoms with Crippen LogP contribution in [0.25, 0.3) is 5.57 Å². The van der Waals surface area contributed by atoms with Crippen molar-refractivity contribution in [2.24, 2.45) is 5.41 Å². The zero-order valence-electron chi connectivity index (χ0n) is 14.3. The Hall–Kier alpha value is -2.10. The summed E-state index contributed by atoms with van der Waals surface area (Å²) in [5.41, 5.74) is 1.86. The minimum atomic E-state index is -0.546. The fraction of sp³-hybridized carbons (Fsp3) is 0.474. The molecule has 1 aliphatic carbocycles. The van der Waals surface area contributed by atoms with Crippen LogP contribution in [0, 0.1) is 5.41 Å². The van der Waals surface area contributed by atoms with Crippen molar-refractivity contribution in [2.45, 2.75) is 40.0 Å². The maximum absolute atomic E-state index is 12.4. The van der Waals surface area contributed by atoms with Gasteiger partial charge in [-0.15, -0.1) is 0 Å². The van der Waals surface area contributed by atoms with E-state index in [1.165, 1.54) is 0 Å². The number of carbonyl (C=O) groups is 2. The molecule has 0 aliphatic heterocycles. The van der Waals surface area contributed by atoms with Crippen molar-refractivity contribution in [2.75, 3.05) is 13.7 Å². The van der Waals surface area contributed by atoms with Gasteiger partial charge in [-0.05, 0) is 56.9 Å². The molecule has 0 saturated carbocycles. The zero-order valence-corrected chi connectivity index (χ0v) is 14.3. The fourth-order valence-electron chi connectivity index (χ4n) is 2.57. The second kappa shape index (κ2) is 6.99. The van der Waals surface area contributed by atoms with E-state index in [4.69, 9.17) is 9.47 Å². The molecule has 1 aliphatic rings. The van der Waals surface area contributed by atoms with Gasteiger partial charge in [0.05, 0.1) is 12.5 Å². The van der Waals surface area contributed by atoms with Gasteiger partial charge in [0.1, 0.15) is 12.4 Å². The summed E-state index contributed by atoms with van der Waals surface area (Å²) in [6.45, 7) is 5.63. The molecule has 124 valence electrons. The lowest BCUT2D eigenvalue weighted by molar-refractivity contribution is -0.152. The molecule has 2 rings (SSSR count). The van der Waals surface area contributed by atoms with Crippen molar-refractivity contribution in [3.8, 4) is 5.75 Å². The second-order valence-electron chi connectivity index (χ2n) is 6.81. The van der Waals surface area contributed by atoms with E-state index in [-0.39, 0.29) is 18.4 Å². The molecule has 0 unspecified atom stereocenters. The summed E-state index contributed by atoms with van der Waals surface area (Å²) in [7, 11) is 1.60. The van der Waals surface area contributed by atoms with E-state index in [9.17, 15) is 9.59 Å². The molecular formula is C19H24O4. The van der Waals surface area contributed by atoms with Crippen LogP contribution >= 0.6 is 0 Å². The quantitative estimate of drug-likeness (QED) is 0.793. The number of hydrogen-bond donors (Lipinski definition) is 0. The van der Waals surface area contributed by atoms with Gasteiger partial charge in [0.25, 0.3) is 0 Å². The van der Waals surface area contributed by atoms with Gasteiger partial charge in [-0.3, -0.25) is 9.59 Å². The van der Waals surface area contributed by atoms with Gasteiger partial charge in [-0.25, -0.2) is 0 Å². The number of allylic oxidation sites excluding steroid dienone is 1. The Labute approximate surface area is 137 Å². The minimum Gasteiger partial charge on any atom is -0.497 e. The number of ether oxygens (including phenoxy) is 2. The number of esters is 1. The summed E-state index contributed by atoms with van der Waals surface area (Å²) in [5, 5.41) is 0. The molecule has 23 heavy (non-hydrogen) atoms. The number of Topliss-reactive ketones (excluding diaryl/α,β-unsaturated/α-hetero) is 1. The van der Waals surface area contributed by atoms with Crippen LogP contribution in [0.5, 0.6) is 5.75 Å². The molecule has 0 spiro atoms. The third-order valence-electron chi connectivity index (χ3n) is 3.86. The topological polar surface area (TPSA) is 52.6 Å².